The second-order valence-corrected chi connectivity index (χ2v) is 29.1. The van der Waals surface area contributed by atoms with Crippen LogP contribution in [0, 0.1) is 0 Å². The van der Waals surface area contributed by atoms with E-state index >= 15 is 0 Å². The molecule has 0 saturated heterocycles. The lowest BCUT2D eigenvalue weighted by Crippen LogP contribution is -1.96. The Hall–Kier alpha value is -16.3. The quantitative estimate of drug-likeness (QED) is 0.0819. The summed E-state index contributed by atoms with van der Waals surface area (Å²) in [5.74, 6) is 1.38. The van der Waals surface area contributed by atoms with Crippen molar-refractivity contribution >= 4 is 0 Å². The van der Waals surface area contributed by atoms with Crippen LogP contribution in [-0.2, 0) is 0 Å². The van der Waals surface area contributed by atoms with Crippen LogP contribution in [0.15, 0.2) is 449 Å². The maximum atomic E-state index is 5.11. The summed E-state index contributed by atoms with van der Waals surface area (Å²) in [6.07, 6.45) is 7.35. The Morgan fingerprint density at radius 3 is 0.725 bits per heavy atom. The van der Waals surface area contributed by atoms with Crippen molar-refractivity contribution in [1.82, 2.24) is 49.8 Å². The Labute approximate surface area is 697 Å². The van der Waals surface area contributed by atoms with Gasteiger partial charge in [0.25, 0.3) is 0 Å². The van der Waals surface area contributed by atoms with Crippen LogP contribution in [0.25, 0.3) is 202 Å². The summed E-state index contributed by atoms with van der Waals surface area (Å²) in [4.78, 5) is 49.3. The summed E-state index contributed by atoms with van der Waals surface area (Å²) in [6.45, 7) is 0. The highest BCUT2D eigenvalue weighted by Gasteiger charge is 2.19. The normalized spacial score (nSPS) is 11.0. The van der Waals surface area contributed by atoms with E-state index in [1.165, 1.54) is 16.7 Å². The molecule has 10 nitrogen and oxygen atoms in total. The van der Waals surface area contributed by atoms with Crippen molar-refractivity contribution < 1.29 is 0 Å². The van der Waals surface area contributed by atoms with Crippen LogP contribution >= 0.6 is 0 Å². The minimum absolute atomic E-state index is 0.686. The summed E-state index contributed by atoms with van der Waals surface area (Å²) in [5.41, 5.74) is 33.8. The van der Waals surface area contributed by atoms with Crippen LogP contribution < -0.4 is 0 Å². The number of benzene rings is 12. The van der Waals surface area contributed by atoms with Gasteiger partial charge < -0.3 is 0 Å². The molecule has 0 spiro atoms. The van der Waals surface area contributed by atoms with Crippen LogP contribution in [0.2, 0.25) is 0 Å². The number of aromatic nitrogens is 10. The molecule has 0 aliphatic heterocycles. The summed E-state index contributed by atoms with van der Waals surface area (Å²) in [5, 5.41) is 0. The van der Waals surface area contributed by atoms with Gasteiger partial charge >= 0.3 is 0 Å². The minimum atomic E-state index is 0.686. The fourth-order valence-corrected chi connectivity index (χ4v) is 15.0. The number of pyridine rings is 6. The van der Waals surface area contributed by atoms with Crippen LogP contribution in [0.3, 0.4) is 0 Å². The fraction of sp³-hybridized carbons (Fsp3) is 0. The minimum Gasteiger partial charge on any atom is -0.255 e. The third-order valence-electron chi connectivity index (χ3n) is 21.3. The summed E-state index contributed by atoms with van der Waals surface area (Å²) in [6, 6.07) is 146. The van der Waals surface area contributed by atoms with E-state index < -0.39 is 0 Å². The first kappa shape index (κ1) is 73.8. The van der Waals surface area contributed by atoms with E-state index in [1.54, 1.807) is 12.4 Å². The highest BCUT2D eigenvalue weighted by molar-refractivity contribution is 5.86. The predicted octanol–water partition coefficient (Wildman–Crippen LogP) is 27.3. The summed E-state index contributed by atoms with van der Waals surface area (Å²) >= 11 is 0. The number of nitrogens with zero attached hydrogens (tertiary/aromatic N) is 10. The van der Waals surface area contributed by atoms with Crippen molar-refractivity contribution in [2.45, 2.75) is 0 Å². The third-order valence-corrected chi connectivity index (χ3v) is 21.3. The van der Waals surface area contributed by atoms with Gasteiger partial charge in [0.15, 0.2) is 11.6 Å². The first-order chi connectivity index (χ1) is 59.4. The molecule has 0 radical (unpaired) electrons. The molecule has 0 aliphatic carbocycles. The van der Waals surface area contributed by atoms with E-state index in [4.69, 9.17) is 39.9 Å². The van der Waals surface area contributed by atoms with Gasteiger partial charge in [-0.3, -0.25) is 19.9 Å². The Bertz CT molecular complexity index is 6760. The smallest absolute Gasteiger partial charge is 0.160 e. The van der Waals surface area contributed by atoms with Crippen molar-refractivity contribution in [3.05, 3.63) is 449 Å². The molecule has 0 atom stereocenters. The van der Waals surface area contributed by atoms with E-state index in [9.17, 15) is 0 Å². The third kappa shape index (κ3) is 16.7. The van der Waals surface area contributed by atoms with E-state index in [0.29, 0.717) is 11.6 Å². The summed E-state index contributed by atoms with van der Waals surface area (Å²) < 4.78 is 0. The van der Waals surface area contributed by atoms with Crippen molar-refractivity contribution in [2.75, 3.05) is 0 Å². The lowest BCUT2D eigenvalue weighted by atomic mass is 9.96. The van der Waals surface area contributed by atoms with Gasteiger partial charge in [-0.2, -0.15) is 0 Å². The van der Waals surface area contributed by atoms with Crippen molar-refractivity contribution in [2.24, 2.45) is 0 Å². The SMILES string of the molecule is c1ccc(-c2ccc(-c3cc(-c4ccccc4)nc(-c4ccc(-c5ccc(-c6ccc(-c7cc(-c8ccccc8)cc(-c8ccccn8)n7)nc6)cc5)cc4)n3)cc2)cc1.c1ccc(-c2ccc(-c3nc(-c4ccccc4)cc(-c4ccc(-c5ccc(-c6cccnc6-c6cc(-c7ccccc7)cc(-c7ccccn7)n6)cc5)cc4)n3)cc2)cc1. The van der Waals surface area contributed by atoms with Crippen molar-refractivity contribution in [1.29, 1.82) is 0 Å². The lowest BCUT2D eigenvalue weighted by molar-refractivity contribution is 1.18. The fourth-order valence-electron chi connectivity index (χ4n) is 15.0. The molecule has 10 heteroatoms. The van der Waals surface area contributed by atoms with Gasteiger partial charge in [-0.25, -0.2) is 29.9 Å². The molecule has 564 valence electrons. The molecule has 8 aromatic heterocycles. The van der Waals surface area contributed by atoms with Crippen molar-refractivity contribution in [3.8, 4) is 202 Å². The molecule has 0 N–H and O–H groups in total. The molecule has 12 aromatic carbocycles. The molecule has 0 aliphatic rings. The number of hydrogen-bond acceptors (Lipinski definition) is 10. The predicted molar refractivity (Wildman–Crippen MR) is 489 cm³/mol. The topological polar surface area (TPSA) is 129 Å². The largest absolute Gasteiger partial charge is 0.255 e. The van der Waals surface area contributed by atoms with E-state index in [1.807, 2.05) is 134 Å². The standard InChI is InChI=1S/2C55H37N5/c1-4-13-38(14-5-1)40-25-31-46(32-26-40)55-59-50(44-17-8-3-9-18-44)37-51(60-55)45-29-23-42(24-30-45)41-21-27-43(28-22-41)48-19-12-34-57-54(48)53-36-47(39-15-6-2-7-16-39)35-52(58-53)49-20-10-11-33-56-49;1-4-12-38(13-5-1)40-23-27-45(28-24-40)52-36-51(44-16-8-3-9-17-44)59-55(60-52)46-29-25-42(26-30-46)41-19-21-43(22-20-41)47-31-32-50(57-37-47)54-35-48(39-14-6-2-7-15-39)34-53(58-54)49-18-10-11-33-56-49/h2*1-37H. The first-order valence-electron chi connectivity index (χ1n) is 39.9. The molecule has 0 amide bonds. The van der Waals surface area contributed by atoms with Gasteiger partial charge in [0.1, 0.15) is 0 Å². The van der Waals surface area contributed by atoms with E-state index in [2.05, 4.69) is 313 Å². The number of rotatable bonds is 18. The highest BCUT2D eigenvalue weighted by Crippen LogP contribution is 2.39. The van der Waals surface area contributed by atoms with Crippen LogP contribution in [0.1, 0.15) is 0 Å². The Morgan fingerprint density at radius 2 is 0.383 bits per heavy atom. The van der Waals surface area contributed by atoms with Crippen LogP contribution in [0.4, 0.5) is 0 Å². The molecular formula is C110H74N10. The van der Waals surface area contributed by atoms with Crippen molar-refractivity contribution in [3.63, 3.8) is 0 Å². The van der Waals surface area contributed by atoms with Gasteiger partial charge in [-0.15, -0.1) is 0 Å². The Morgan fingerprint density at radius 1 is 0.125 bits per heavy atom. The molecule has 8 heterocycles. The Balaban J connectivity index is 0.000000159. The lowest BCUT2D eigenvalue weighted by Gasteiger charge is -2.13. The Kier molecular flexibility index (Phi) is 21.2. The number of hydrogen-bond donors (Lipinski definition) is 0. The van der Waals surface area contributed by atoms with Gasteiger partial charge in [0, 0.05) is 69.3 Å². The molecule has 0 fully saturated rings. The highest BCUT2D eigenvalue weighted by atomic mass is 14.9. The zero-order chi connectivity index (χ0) is 80.2. The van der Waals surface area contributed by atoms with E-state index in [0.717, 1.165) is 174 Å². The van der Waals surface area contributed by atoms with Crippen LogP contribution in [0.5, 0.6) is 0 Å². The molecule has 120 heavy (non-hydrogen) atoms. The first-order valence-corrected chi connectivity index (χ1v) is 39.9. The zero-order valence-electron chi connectivity index (χ0n) is 65.2. The van der Waals surface area contributed by atoms with Gasteiger partial charge in [0.05, 0.1) is 68.3 Å². The van der Waals surface area contributed by atoms with Gasteiger partial charge in [-0.1, -0.05) is 352 Å². The second kappa shape index (κ2) is 34.4. The molecule has 20 aromatic rings. The molecule has 20 rings (SSSR count). The van der Waals surface area contributed by atoms with Gasteiger partial charge in [0.2, 0.25) is 0 Å². The zero-order valence-corrected chi connectivity index (χ0v) is 65.2. The molecule has 0 saturated carbocycles. The molecule has 0 bridgehead atoms. The molecular weight excluding hydrogens is 1460 g/mol. The molecule has 0 unspecified atom stereocenters. The summed E-state index contributed by atoms with van der Waals surface area (Å²) in [7, 11) is 0. The average Bonchev–Trinajstić information content (AvgIpc) is 0.796. The van der Waals surface area contributed by atoms with E-state index in [-0.39, 0.29) is 0 Å². The maximum Gasteiger partial charge on any atom is 0.160 e. The van der Waals surface area contributed by atoms with Gasteiger partial charge in [-0.05, 0) is 151 Å². The second-order valence-electron chi connectivity index (χ2n) is 29.1. The monoisotopic (exact) mass is 1530 g/mol. The maximum absolute atomic E-state index is 5.11. The average molecular weight is 1540 g/mol. The van der Waals surface area contributed by atoms with Crippen LogP contribution in [-0.4, -0.2) is 49.8 Å².